The van der Waals surface area contributed by atoms with Gasteiger partial charge in [0, 0.05) is 30.6 Å². The largest absolute Gasteiger partial charge is 0.366 e. The number of nitrogens with one attached hydrogen (secondary N) is 1. The van der Waals surface area contributed by atoms with Crippen LogP contribution in [0.2, 0.25) is 0 Å². The molecule has 2 heterocycles. The maximum absolute atomic E-state index is 11.2. The number of nitro groups is 1. The Labute approximate surface area is 133 Å². The third kappa shape index (κ3) is 3.49. The van der Waals surface area contributed by atoms with E-state index in [1.807, 2.05) is 42.5 Å². The fraction of sp³-hybridized carbons (Fsp3) is 0.0588. The number of aromatic nitrogens is 2. The second-order valence-corrected chi connectivity index (χ2v) is 4.90. The van der Waals surface area contributed by atoms with Crippen LogP contribution in [0.3, 0.4) is 0 Å². The van der Waals surface area contributed by atoms with Gasteiger partial charge >= 0.3 is 0 Å². The zero-order valence-corrected chi connectivity index (χ0v) is 12.2. The summed E-state index contributed by atoms with van der Waals surface area (Å²) in [4.78, 5) is 19.2. The maximum Gasteiger partial charge on any atom is 0.295 e. The van der Waals surface area contributed by atoms with Crippen LogP contribution in [0.25, 0.3) is 11.3 Å². The van der Waals surface area contributed by atoms with Gasteiger partial charge in [-0.2, -0.15) is 0 Å². The van der Waals surface area contributed by atoms with Crippen LogP contribution in [0, 0.1) is 10.1 Å². The average Bonchev–Trinajstić information content (AvgIpc) is 2.61. The molecule has 0 spiro atoms. The van der Waals surface area contributed by atoms with Gasteiger partial charge in [0.25, 0.3) is 5.69 Å². The summed E-state index contributed by atoms with van der Waals surface area (Å²) in [6.45, 7) is 0.571. The van der Waals surface area contributed by atoms with Crippen LogP contribution in [0.1, 0.15) is 5.56 Å². The molecule has 6 nitrogen and oxygen atoms in total. The molecule has 2 aromatic heterocycles. The minimum atomic E-state index is -0.415. The summed E-state index contributed by atoms with van der Waals surface area (Å²) in [7, 11) is 0. The molecule has 0 bridgehead atoms. The first kappa shape index (κ1) is 14.6. The summed E-state index contributed by atoms with van der Waals surface area (Å²) in [5, 5.41) is 14.4. The van der Waals surface area contributed by atoms with Crippen molar-refractivity contribution in [2.75, 3.05) is 5.32 Å². The van der Waals surface area contributed by atoms with Crippen LogP contribution in [0.5, 0.6) is 0 Å². The van der Waals surface area contributed by atoms with E-state index in [1.165, 1.54) is 6.07 Å². The predicted molar refractivity (Wildman–Crippen MR) is 87.9 cm³/mol. The van der Waals surface area contributed by atoms with Gasteiger partial charge in [-0.15, -0.1) is 0 Å². The summed E-state index contributed by atoms with van der Waals surface area (Å²) < 4.78 is 0. The Morgan fingerprint density at radius 3 is 2.43 bits per heavy atom. The van der Waals surface area contributed by atoms with E-state index < -0.39 is 4.92 Å². The van der Waals surface area contributed by atoms with Gasteiger partial charge in [0.2, 0.25) is 0 Å². The summed E-state index contributed by atoms with van der Waals surface area (Å²) in [6.07, 6.45) is 3.44. The van der Waals surface area contributed by atoms with E-state index in [9.17, 15) is 10.1 Å². The van der Waals surface area contributed by atoms with E-state index in [0.717, 1.165) is 5.56 Å². The number of pyridine rings is 2. The Kier molecular flexibility index (Phi) is 4.24. The zero-order chi connectivity index (χ0) is 16.1. The number of hydrogen-bond acceptors (Lipinski definition) is 5. The molecular weight excluding hydrogens is 292 g/mol. The highest BCUT2D eigenvalue weighted by atomic mass is 16.6. The minimum Gasteiger partial charge on any atom is -0.366 e. The van der Waals surface area contributed by atoms with Crippen molar-refractivity contribution in [2.24, 2.45) is 0 Å². The topological polar surface area (TPSA) is 81.0 Å². The SMILES string of the molecule is O=[N+]([O-])c1ccc(NCc2ccncc2)nc1-c1ccccc1. The molecule has 0 aliphatic rings. The van der Waals surface area contributed by atoms with Crippen molar-refractivity contribution >= 4 is 11.5 Å². The van der Waals surface area contributed by atoms with E-state index in [-0.39, 0.29) is 5.69 Å². The molecule has 1 aromatic carbocycles. The number of nitrogens with zero attached hydrogens (tertiary/aromatic N) is 3. The van der Waals surface area contributed by atoms with Crippen molar-refractivity contribution in [3.63, 3.8) is 0 Å². The molecule has 0 aliphatic heterocycles. The monoisotopic (exact) mass is 306 g/mol. The van der Waals surface area contributed by atoms with E-state index in [1.54, 1.807) is 18.5 Å². The second-order valence-electron chi connectivity index (χ2n) is 4.90. The fourth-order valence-electron chi connectivity index (χ4n) is 2.20. The Balaban J connectivity index is 1.90. The van der Waals surface area contributed by atoms with Crippen LogP contribution < -0.4 is 5.32 Å². The fourth-order valence-corrected chi connectivity index (χ4v) is 2.20. The van der Waals surface area contributed by atoms with Crippen molar-refractivity contribution in [2.45, 2.75) is 6.54 Å². The van der Waals surface area contributed by atoms with Gasteiger partial charge in [-0.1, -0.05) is 30.3 Å². The summed E-state index contributed by atoms with van der Waals surface area (Å²) in [5.74, 6) is 0.589. The third-order valence-electron chi connectivity index (χ3n) is 3.34. The van der Waals surface area contributed by atoms with Crippen molar-refractivity contribution < 1.29 is 4.92 Å². The van der Waals surface area contributed by atoms with Crippen LogP contribution in [-0.4, -0.2) is 14.9 Å². The van der Waals surface area contributed by atoms with Crippen LogP contribution in [0.4, 0.5) is 11.5 Å². The second kappa shape index (κ2) is 6.65. The quantitative estimate of drug-likeness (QED) is 0.574. The van der Waals surface area contributed by atoms with Crippen LogP contribution >= 0.6 is 0 Å². The molecule has 6 heteroatoms. The van der Waals surface area contributed by atoms with Crippen molar-refractivity contribution in [1.82, 2.24) is 9.97 Å². The van der Waals surface area contributed by atoms with Crippen molar-refractivity contribution in [3.8, 4) is 11.3 Å². The molecular formula is C17H14N4O2. The van der Waals surface area contributed by atoms with Gasteiger partial charge in [0.05, 0.1) is 4.92 Å². The van der Waals surface area contributed by atoms with E-state index in [0.29, 0.717) is 23.6 Å². The van der Waals surface area contributed by atoms with Gasteiger partial charge in [-0.25, -0.2) is 4.98 Å². The highest BCUT2D eigenvalue weighted by Gasteiger charge is 2.17. The number of benzene rings is 1. The van der Waals surface area contributed by atoms with Gasteiger partial charge in [-0.05, 0) is 23.8 Å². The molecule has 0 aliphatic carbocycles. The Morgan fingerprint density at radius 2 is 1.74 bits per heavy atom. The van der Waals surface area contributed by atoms with E-state index in [4.69, 9.17) is 0 Å². The molecule has 1 N–H and O–H groups in total. The molecule has 23 heavy (non-hydrogen) atoms. The first-order chi connectivity index (χ1) is 11.2. The highest BCUT2D eigenvalue weighted by Crippen LogP contribution is 2.29. The summed E-state index contributed by atoms with van der Waals surface area (Å²) in [6, 6.07) is 16.0. The lowest BCUT2D eigenvalue weighted by atomic mass is 10.1. The van der Waals surface area contributed by atoms with Crippen LogP contribution in [0.15, 0.2) is 67.0 Å². The highest BCUT2D eigenvalue weighted by molar-refractivity contribution is 5.71. The van der Waals surface area contributed by atoms with Gasteiger partial charge in [0.15, 0.2) is 5.69 Å². The molecule has 0 saturated carbocycles. The van der Waals surface area contributed by atoms with Crippen molar-refractivity contribution in [1.29, 1.82) is 0 Å². The summed E-state index contributed by atoms with van der Waals surface area (Å²) >= 11 is 0. The molecule has 0 amide bonds. The van der Waals surface area contributed by atoms with Gasteiger partial charge in [-0.3, -0.25) is 15.1 Å². The standard InChI is InChI=1S/C17H14N4O2/c22-21(23)15-6-7-16(19-12-13-8-10-18-11-9-13)20-17(15)14-4-2-1-3-5-14/h1-11H,12H2,(H,19,20). The normalized spacial score (nSPS) is 10.3. The smallest absolute Gasteiger partial charge is 0.295 e. The predicted octanol–water partition coefficient (Wildman–Crippen LogP) is 3.66. The number of rotatable bonds is 5. The average molecular weight is 306 g/mol. The number of anilines is 1. The molecule has 114 valence electrons. The summed E-state index contributed by atoms with van der Waals surface area (Å²) in [5.41, 5.74) is 2.12. The third-order valence-corrected chi connectivity index (χ3v) is 3.34. The van der Waals surface area contributed by atoms with E-state index >= 15 is 0 Å². The molecule has 0 unspecified atom stereocenters. The first-order valence-corrected chi connectivity index (χ1v) is 7.07. The maximum atomic E-state index is 11.2. The Morgan fingerprint density at radius 1 is 1.00 bits per heavy atom. The molecule has 3 aromatic rings. The van der Waals surface area contributed by atoms with Gasteiger partial charge < -0.3 is 5.32 Å². The molecule has 0 saturated heterocycles. The van der Waals surface area contributed by atoms with Gasteiger partial charge in [0.1, 0.15) is 5.82 Å². The Hall–Kier alpha value is -3.28. The number of hydrogen-bond donors (Lipinski definition) is 1. The molecule has 0 fully saturated rings. The lowest BCUT2D eigenvalue weighted by molar-refractivity contribution is -0.384. The molecule has 3 rings (SSSR count). The molecule has 0 atom stereocenters. The van der Waals surface area contributed by atoms with E-state index in [2.05, 4.69) is 15.3 Å². The van der Waals surface area contributed by atoms with Crippen LogP contribution in [-0.2, 0) is 6.54 Å². The van der Waals surface area contributed by atoms with Crippen molar-refractivity contribution in [3.05, 3.63) is 82.7 Å². The zero-order valence-electron chi connectivity index (χ0n) is 12.2. The Bertz CT molecular complexity index is 807. The first-order valence-electron chi connectivity index (χ1n) is 7.07. The molecule has 0 radical (unpaired) electrons. The lowest BCUT2D eigenvalue weighted by Gasteiger charge is -2.08. The minimum absolute atomic E-state index is 0.00865. The lowest BCUT2D eigenvalue weighted by Crippen LogP contribution is -2.03.